The molecule has 3 N–H and O–H groups in total. The van der Waals surface area contributed by atoms with Crippen molar-refractivity contribution in [1.29, 1.82) is 0 Å². The Bertz CT molecular complexity index is 545. The number of ether oxygens (including phenoxy) is 1. The Morgan fingerprint density at radius 3 is 2.71 bits per heavy atom. The minimum absolute atomic E-state index is 0.232. The van der Waals surface area contributed by atoms with E-state index in [0.29, 0.717) is 18.0 Å². The van der Waals surface area contributed by atoms with E-state index in [9.17, 15) is 5.11 Å². The molecule has 1 aromatic heterocycles. The van der Waals surface area contributed by atoms with E-state index in [1.54, 1.807) is 23.5 Å². The van der Waals surface area contributed by atoms with Gasteiger partial charge in [0.05, 0.1) is 5.69 Å². The van der Waals surface area contributed by atoms with E-state index in [1.807, 2.05) is 25.2 Å². The predicted molar refractivity (Wildman–Crippen MR) is 87.7 cm³/mol. The van der Waals surface area contributed by atoms with E-state index in [-0.39, 0.29) is 12.6 Å². The van der Waals surface area contributed by atoms with Crippen molar-refractivity contribution < 1.29 is 9.84 Å². The van der Waals surface area contributed by atoms with Crippen molar-refractivity contribution >= 4 is 17.0 Å². The molecule has 114 valence electrons. The summed E-state index contributed by atoms with van der Waals surface area (Å²) in [6.45, 7) is 2.91. The van der Waals surface area contributed by atoms with E-state index < -0.39 is 6.10 Å². The number of nitrogens with zero attached hydrogens (tertiary/aromatic N) is 1. The van der Waals surface area contributed by atoms with Crippen LogP contribution in [0.4, 0.5) is 5.69 Å². The van der Waals surface area contributed by atoms with Gasteiger partial charge in [-0.05, 0) is 37.6 Å². The zero-order valence-corrected chi connectivity index (χ0v) is 13.2. The van der Waals surface area contributed by atoms with Gasteiger partial charge in [-0.25, -0.2) is 0 Å². The average molecular weight is 306 g/mol. The number of thiophene rings is 1. The average Bonchev–Trinajstić information content (AvgIpc) is 2.99. The van der Waals surface area contributed by atoms with E-state index in [0.717, 1.165) is 0 Å². The van der Waals surface area contributed by atoms with E-state index >= 15 is 0 Å². The molecule has 0 amide bonds. The second-order valence-corrected chi connectivity index (χ2v) is 6.11. The monoisotopic (exact) mass is 306 g/mol. The number of nitrogen functional groups attached to an aromatic ring is 1. The molecule has 0 spiro atoms. The first-order chi connectivity index (χ1) is 10.1. The van der Waals surface area contributed by atoms with Crippen molar-refractivity contribution in [3.63, 3.8) is 0 Å². The SMILES string of the molecule is CC(c1cccs1)N(C)CC(O)COc1ccccc1N. The molecule has 0 fully saturated rings. The van der Waals surface area contributed by atoms with Crippen LogP contribution in [0.5, 0.6) is 5.75 Å². The molecule has 0 bridgehead atoms. The number of likely N-dealkylation sites (N-methyl/N-ethyl adjacent to an activating group) is 1. The fourth-order valence-corrected chi connectivity index (χ4v) is 2.94. The topological polar surface area (TPSA) is 58.7 Å². The molecular formula is C16H22N2O2S. The Balaban J connectivity index is 1.81. The van der Waals surface area contributed by atoms with Gasteiger partial charge in [0.2, 0.25) is 0 Å². The quantitative estimate of drug-likeness (QED) is 0.772. The summed E-state index contributed by atoms with van der Waals surface area (Å²) in [5.74, 6) is 0.616. The summed E-state index contributed by atoms with van der Waals surface area (Å²) in [4.78, 5) is 3.41. The number of nitrogens with two attached hydrogens (primary N) is 1. The molecule has 0 saturated carbocycles. The zero-order valence-electron chi connectivity index (χ0n) is 12.4. The summed E-state index contributed by atoms with van der Waals surface area (Å²) in [5, 5.41) is 12.2. The van der Waals surface area contributed by atoms with Gasteiger partial charge in [0, 0.05) is 17.5 Å². The van der Waals surface area contributed by atoms with Crippen LogP contribution in [-0.2, 0) is 0 Å². The lowest BCUT2D eigenvalue weighted by Crippen LogP contribution is -2.34. The third-order valence-electron chi connectivity index (χ3n) is 3.47. The van der Waals surface area contributed by atoms with Crippen molar-refractivity contribution in [1.82, 2.24) is 4.90 Å². The number of hydrogen-bond acceptors (Lipinski definition) is 5. The molecule has 0 aliphatic carbocycles. The molecular weight excluding hydrogens is 284 g/mol. The normalized spacial score (nSPS) is 14.1. The Hall–Kier alpha value is -1.56. The lowest BCUT2D eigenvalue weighted by atomic mass is 10.2. The van der Waals surface area contributed by atoms with Crippen LogP contribution in [0, 0.1) is 0 Å². The van der Waals surface area contributed by atoms with E-state index in [1.165, 1.54) is 4.88 Å². The number of aliphatic hydroxyl groups excluding tert-OH is 1. The largest absolute Gasteiger partial charge is 0.489 e. The first kappa shape index (κ1) is 15.8. The van der Waals surface area contributed by atoms with Crippen molar-refractivity contribution in [2.45, 2.75) is 19.1 Å². The first-order valence-electron chi connectivity index (χ1n) is 6.97. The van der Waals surface area contributed by atoms with Crippen LogP contribution in [0.3, 0.4) is 0 Å². The van der Waals surface area contributed by atoms with E-state index in [4.69, 9.17) is 10.5 Å². The molecule has 2 atom stereocenters. The third-order valence-corrected chi connectivity index (χ3v) is 4.51. The van der Waals surface area contributed by atoms with Crippen molar-refractivity contribution in [2.24, 2.45) is 0 Å². The maximum atomic E-state index is 10.1. The summed E-state index contributed by atoms with van der Waals surface area (Å²) in [6, 6.07) is 11.7. The third kappa shape index (κ3) is 4.46. The number of benzene rings is 1. The Labute approximate surface area is 129 Å². The number of aliphatic hydroxyl groups is 1. The maximum Gasteiger partial charge on any atom is 0.142 e. The highest BCUT2D eigenvalue weighted by molar-refractivity contribution is 7.10. The van der Waals surface area contributed by atoms with Crippen LogP contribution < -0.4 is 10.5 Å². The molecule has 4 nitrogen and oxygen atoms in total. The number of anilines is 1. The fourth-order valence-electron chi connectivity index (χ4n) is 2.09. The number of para-hydroxylation sites is 2. The molecule has 2 rings (SSSR count). The molecule has 2 unspecified atom stereocenters. The highest BCUT2D eigenvalue weighted by Crippen LogP contribution is 2.24. The van der Waals surface area contributed by atoms with Gasteiger partial charge in [0.15, 0.2) is 0 Å². The highest BCUT2D eigenvalue weighted by Gasteiger charge is 2.16. The molecule has 0 aliphatic heterocycles. The highest BCUT2D eigenvalue weighted by atomic mass is 32.1. The molecule has 0 aliphatic rings. The minimum atomic E-state index is -0.558. The second-order valence-electron chi connectivity index (χ2n) is 5.13. The molecule has 0 radical (unpaired) electrons. The first-order valence-corrected chi connectivity index (χ1v) is 7.85. The van der Waals surface area contributed by atoms with Gasteiger partial charge < -0.3 is 15.6 Å². The standard InChI is InChI=1S/C16H22N2O2S/c1-12(16-8-5-9-21-16)18(2)10-13(19)11-20-15-7-4-3-6-14(15)17/h3-9,12-13,19H,10-11,17H2,1-2H3. The molecule has 21 heavy (non-hydrogen) atoms. The van der Waals surface area contributed by atoms with Gasteiger partial charge in [-0.1, -0.05) is 18.2 Å². The number of hydrogen-bond donors (Lipinski definition) is 2. The van der Waals surface area contributed by atoms with Gasteiger partial charge in [-0.2, -0.15) is 0 Å². The molecule has 5 heteroatoms. The lowest BCUT2D eigenvalue weighted by molar-refractivity contribution is 0.0661. The zero-order chi connectivity index (χ0) is 15.2. The van der Waals surface area contributed by atoms with Gasteiger partial charge in [0.1, 0.15) is 18.5 Å². The van der Waals surface area contributed by atoms with E-state index in [2.05, 4.69) is 23.3 Å². The van der Waals surface area contributed by atoms with Gasteiger partial charge >= 0.3 is 0 Å². The van der Waals surface area contributed by atoms with Crippen molar-refractivity contribution in [3.05, 3.63) is 46.7 Å². The summed E-state index contributed by atoms with van der Waals surface area (Å²) in [5.41, 5.74) is 6.39. The smallest absolute Gasteiger partial charge is 0.142 e. The van der Waals surface area contributed by atoms with Gasteiger partial charge in [0.25, 0.3) is 0 Å². The van der Waals surface area contributed by atoms with Crippen LogP contribution in [-0.4, -0.2) is 36.3 Å². The summed E-state index contributed by atoms with van der Waals surface area (Å²) in [6.07, 6.45) is -0.558. The summed E-state index contributed by atoms with van der Waals surface area (Å²) >= 11 is 1.73. The van der Waals surface area contributed by atoms with Crippen LogP contribution in [0.1, 0.15) is 17.8 Å². The Kier molecular flexibility index (Phi) is 5.61. The fraction of sp³-hybridized carbons (Fsp3) is 0.375. The molecule has 1 heterocycles. The van der Waals surface area contributed by atoms with Crippen LogP contribution >= 0.6 is 11.3 Å². The van der Waals surface area contributed by atoms with Crippen LogP contribution in [0.2, 0.25) is 0 Å². The molecule has 2 aromatic rings. The van der Waals surface area contributed by atoms with Crippen molar-refractivity contribution in [2.75, 3.05) is 25.9 Å². The second kappa shape index (κ2) is 7.45. The summed E-state index contributed by atoms with van der Waals surface area (Å²) in [7, 11) is 2.00. The number of rotatable bonds is 7. The predicted octanol–water partition coefficient (Wildman–Crippen LogP) is 2.76. The van der Waals surface area contributed by atoms with Crippen molar-refractivity contribution in [3.8, 4) is 5.75 Å². The summed E-state index contributed by atoms with van der Waals surface area (Å²) < 4.78 is 5.57. The molecule has 0 saturated heterocycles. The van der Waals surface area contributed by atoms with Gasteiger partial charge in [-0.15, -0.1) is 11.3 Å². The maximum absolute atomic E-state index is 10.1. The van der Waals surface area contributed by atoms with Gasteiger partial charge in [-0.3, -0.25) is 4.90 Å². The lowest BCUT2D eigenvalue weighted by Gasteiger charge is -2.26. The van der Waals surface area contributed by atoms with Crippen LogP contribution in [0.15, 0.2) is 41.8 Å². The Morgan fingerprint density at radius 1 is 1.29 bits per heavy atom. The molecule has 1 aromatic carbocycles. The Morgan fingerprint density at radius 2 is 2.05 bits per heavy atom. The van der Waals surface area contributed by atoms with Crippen LogP contribution in [0.25, 0.3) is 0 Å². The minimum Gasteiger partial charge on any atom is -0.489 e.